The molecule has 0 bridgehead atoms. The van der Waals surface area contributed by atoms with E-state index in [9.17, 15) is 15.0 Å². The summed E-state index contributed by atoms with van der Waals surface area (Å²) in [6.07, 6.45) is 7.44. The number of carbonyl (C=O) groups is 1. The normalized spacial score (nSPS) is 51.8. The predicted octanol–water partition coefficient (Wildman–Crippen LogP) is 3.69. The van der Waals surface area contributed by atoms with Crippen molar-refractivity contribution in [3.63, 3.8) is 0 Å². The Hall–Kier alpha value is -1.07. The first-order valence-corrected chi connectivity index (χ1v) is 9.71. The summed E-state index contributed by atoms with van der Waals surface area (Å²) in [5.74, 6) is -0.237. The molecule has 5 nitrogen and oxygen atoms in total. The van der Waals surface area contributed by atoms with Gasteiger partial charge in [0, 0.05) is 11.8 Å². The molecule has 0 radical (unpaired) electrons. The van der Waals surface area contributed by atoms with Crippen LogP contribution in [0.25, 0.3) is 0 Å². The number of fused-ring (bicyclic) bond motifs is 5. The van der Waals surface area contributed by atoms with E-state index in [1.807, 2.05) is 6.92 Å². The van der Waals surface area contributed by atoms with Crippen molar-refractivity contribution in [2.24, 2.45) is 28.6 Å². The zero-order valence-corrected chi connectivity index (χ0v) is 15.2. The third-order valence-electron chi connectivity index (χ3n) is 8.41. The number of allylic oxidation sites excluding steroid dienone is 1. The van der Waals surface area contributed by atoms with Crippen LogP contribution in [-0.4, -0.2) is 33.4 Å². The lowest BCUT2D eigenvalue weighted by molar-refractivity contribution is -0.251. The van der Waals surface area contributed by atoms with Crippen LogP contribution in [0.15, 0.2) is 11.6 Å². The van der Waals surface area contributed by atoms with Crippen LogP contribution in [0, 0.1) is 28.6 Å². The molecule has 25 heavy (non-hydrogen) atoms. The Labute approximate surface area is 149 Å². The summed E-state index contributed by atoms with van der Waals surface area (Å²) >= 11 is 0. The Morgan fingerprint density at radius 2 is 1.88 bits per heavy atom. The maximum atomic E-state index is 11.1. The highest BCUT2D eigenvalue weighted by Gasteiger charge is 2.65. The molecule has 140 valence electrons. The number of hydrogen-bond acceptors (Lipinski definition) is 4. The Kier molecular flexibility index (Phi) is 3.79. The second-order valence-corrected chi connectivity index (χ2v) is 9.30. The van der Waals surface area contributed by atoms with Crippen LogP contribution in [0.5, 0.6) is 0 Å². The highest BCUT2D eigenvalue weighted by Crippen LogP contribution is 2.67. The molecule has 0 aromatic rings. The lowest BCUT2D eigenvalue weighted by atomic mass is 9.47. The topological polar surface area (TPSA) is 87.0 Å². The number of rotatable bonds is 1. The van der Waals surface area contributed by atoms with Gasteiger partial charge in [0.05, 0.1) is 6.10 Å². The van der Waals surface area contributed by atoms with Crippen molar-refractivity contribution in [2.75, 3.05) is 0 Å². The molecule has 0 saturated heterocycles. The molecule has 0 spiro atoms. The van der Waals surface area contributed by atoms with Crippen molar-refractivity contribution in [2.45, 2.75) is 77.1 Å². The van der Waals surface area contributed by atoms with Gasteiger partial charge < -0.3 is 20.1 Å². The Bertz CT molecular complexity index is 615. The molecule has 3 saturated carbocycles. The molecular weight excluding hydrogens is 320 g/mol. The van der Waals surface area contributed by atoms with Gasteiger partial charge >= 0.3 is 6.16 Å². The molecule has 4 aliphatic rings. The van der Waals surface area contributed by atoms with Crippen LogP contribution < -0.4 is 0 Å². The van der Waals surface area contributed by atoms with Crippen molar-refractivity contribution in [3.05, 3.63) is 11.6 Å². The van der Waals surface area contributed by atoms with Gasteiger partial charge in [-0.05, 0) is 68.1 Å². The first-order valence-electron chi connectivity index (χ1n) is 9.71. The minimum Gasteiger partial charge on any atom is -0.450 e. The van der Waals surface area contributed by atoms with Crippen LogP contribution in [0.3, 0.4) is 0 Å². The molecule has 0 unspecified atom stereocenters. The van der Waals surface area contributed by atoms with Gasteiger partial charge in [0.25, 0.3) is 0 Å². The SMILES string of the molecule is C[C@]12CC[C@H](O)CC1=CC[C@@H]1[C@@H]2CC[C@@]2(C)[C@H]1CC[C@]2(O)OC(=O)O. The zero-order valence-electron chi connectivity index (χ0n) is 15.2. The summed E-state index contributed by atoms with van der Waals surface area (Å²) in [7, 11) is 0. The molecule has 0 aliphatic heterocycles. The minimum atomic E-state index is -1.55. The first kappa shape index (κ1) is 17.3. The summed E-state index contributed by atoms with van der Waals surface area (Å²) < 4.78 is 5.02. The lowest BCUT2D eigenvalue weighted by Gasteiger charge is -2.58. The predicted molar refractivity (Wildman–Crippen MR) is 91.8 cm³/mol. The summed E-state index contributed by atoms with van der Waals surface area (Å²) in [4.78, 5) is 11.1. The summed E-state index contributed by atoms with van der Waals surface area (Å²) in [5, 5.41) is 30.1. The Morgan fingerprint density at radius 1 is 1.16 bits per heavy atom. The third-order valence-corrected chi connectivity index (χ3v) is 8.41. The van der Waals surface area contributed by atoms with E-state index in [4.69, 9.17) is 9.84 Å². The van der Waals surface area contributed by atoms with E-state index < -0.39 is 17.4 Å². The van der Waals surface area contributed by atoms with Gasteiger partial charge in [-0.3, -0.25) is 0 Å². The summed E-state index contributed by atoms with van der Waals surface area (Å²) in [6.45, 7) is 4.38. The Balaban J connectivity index is 1.65. The summed E-state index contributed by atoms with van der Waals surface area (Å²) in [5.41, 5.74) is 1.08. The van der Waals surface area contributed by atoms with Crippen LogP contribution in [0.4, 0.5) is 4.79 Å². The number of hydrogen-bond donors (Lipinski definition) is 3. The van der Waals surface area contributed by atoms with Crippen molar-refractivity contribution < 1.29 is 24.9 Å². The minimum absolute atomic E-state index is 0.151. The standard InChI is InChI=1S/C20H30O5/c1-18-8-5-13(21)11-12(18)3-4-14-15(18)6-9-19(2)16(14)7-10-20(19,24)25-17(22)23/h3,13-16,21,24H,4-11H2,1-2H3,(H,22,23)/t13-,14+,15-,16-,18-,19-,20-/m0/s1. The fraction of sp³-hybridized carbons (Fsp3) is 0.850. The van der Waals surface area contributed by atoms with E-state index >= 15 is 0 Å². The molecular formula is C20H30O5. The van der Waals surface area contributed by atoms with Gasteiger partial charge in [-0.25, -0.2) is 4.79 Å². The van der Waals surface area contributed by atoms with E-state index in [0.717, 1.165) is 44.9 Å². The van der Waals surface area contributed by atoms with Gasteiger partial charge in [-0.15, -0.1) is 0 Å². The summed E-state index contributed by atoms with van der Waals surface area (Å²) in [6, 6.07) is 0. The average molecular weight is 350 g/mol. The van der Waals surface area contributed by atoms with Crippen molar-refractivity contribution in [1.29, 1.82) is 0 Å². The smallest absolute Gasteiger partial charge is 0.450 e. The molecule has 4 rings (SSSR count). The van der Waals surface area contributed by atoms with Gasteiger partial charge in [0.2, 0.25) is 5.79 Å². The number of ether oxygens (including phenoxy) is 1. The monoisotopic (exact) mass is 350 g/mol. The molecule has 3 fully saturated rings. The van der Waals surface area contributed by atoms with Gasteiger partial charge in [0.15, 0.2) is 0 Å². The van der Waals surface area contributed by atoms with Crippen molar-refractivity contribution in [1.82, 2.24) is 0 Å². The third kappa shape index (κ3) is 2.31. The molecule has 0 aromatic heterocycles. The van der Waals surface area contributed by atoms with Crippen LogP contribution in [-0.2, 0) is 4.74 Å². The highest BCUT2D eigenvalue weighted by atomic mass is 16.7. The van der Waals surface area contributed by atoms with E-state index in [1.54, 1.807) is 0 Å². The van der Waals surface area contributed by atoms with Gasteiger partial charge in [0.1, 0.15) is 0 Å². The van der Waals surface area contributed by atoms with E-state index in [2.05, 4.69) is 13.0 Å². The second-order valence-electron chi connectivity index (χ2n) is 9.30. The quantitative estimate of drug-likeness (QED) is 0.381. The van der Waals surface area contributed by atoms with Crippen molar-refractivity contribution in [3.8, 4) is 0 Å². The molecule has 0 amide bonds. The molecule has 0 aromatic carbocycles. The van der Waals surface area contributed by atoms with Crippen molar-refractivity contribution >= 4 is 6.16 Å². The molecule has 4 aliphatic carbocycles. The molecule has 7 atom stereocenters. The average Bonchev–Trinajstić information content (AvgIpc) is 2.79. The number of carboxylic acid groups (broad SMARTS) is 1. The van der Waals surface area contributed by atoms with E-state index in [1.165, 1.54) is 5.57 Å². The lowest BCUT2D eigenvalue weighted by Crippen LogP contribution is -2.55. The van der Waals surface area contributed by atoms with Crippen LogP contribution in [0.1, 0.15) is 65.2 Å². The molecule has 3 N–H and O–H groups in total. The highest BCUT2D eigenvalue weighted by molar-refractivity contribution is 5.57. The zero-order chi connectivity index (χ0) is 18.0. The van der Waals surface area contributed by atoms with Crippen LogP contribution in [0.2, 0.25) is 0 Å². The fourth-order valence-corrected chi connectivity index (χ4v) is 6.93. The maximum Gasteiger partial charge on any atom is 0.508 e. The van der Waals surface area contributed by atoms with E-state index in [0.29, 0.717) is 18.3 Å². The van der Waals surface area contributed by atoms with E-state index in [-0.39, 0.29) is 17.4 Å². The largest absolute Gasteiger partial charge is 0.508 e. The fourth-order valence-electron chi connectivity index (χ4n) is 6.93. The van der Waals surface area contributed by atoms with Gasteiger partial charge in [-0.1, -0.05) is 25.5 Å². The maximum absolute atomic E-state index is 11.1. The Morgan fingerprint density at radius 3 is 2.60 bits per heavy atom. The van der Waals surface area contributed by atoms with Crippen LogP contribution >= 0.6 is 0 Å². The van der Waals surface area contributed by atoms with Gasteiger partial charge in [-0.2, -0.15) is 0 Å². The molecule has 0 heterocycles. The first-order chi connectivity index (χ1) is 11.7. The number of aliphatic hydroxyl groups is 2. The molecule has 5 heteroatoms. The number of aliphatic hydroxyl groups excluding tert-OH is 1. The second kappa shape index (κ2) is 5.46.